The van der Waals surface area contributed by atoms with E-state index in [1.807, 2.05) is 12.1 Å². The van der Waals surface area contributed by atoms with E-state index in [0.29, 0.717) is 12.0 Å². The Hall–Kier alpha value is -2.39. The van der Waals surface area contributed by atoms with Crippen LogP contribution < -0.4 is 5.32 Å². The van der Waals surface area contributed by atoms with Crippen molar-refractivity contribution < 1.29 is 4.39 Å². The van der Waals surface area contributed by atoms with Gasteiger partial charge in [0, 0.05) is 29.2 Å². The molecule has 1 aromatic heterocycles. The van der Waals surface area contributed by atoms with Gasteiger partial charge in [-0.25, -0.2) is 4.39 Å². The zero-order valence-electron chi connectivity index (χ0n) is 15.5. The molecule has 0 fully saturated rings. The maximum Gasteiger partial charge on any atom is 0.123 e. The Labute approximate surface area is 159 Å². The first-order chi connectivity index (χ1) is 13.3. The van der Waals surface area contributed by atoms with Crippen molar-refractivity contribution in [2.75, 3.05) is 6.54 Å². The number of hydrogen-bond acceptors (Lipinski definition) is 1. The minimum atomic E-state index is -0.150. The quantitative estimate of drug-likeness (QED) is 0.656. The maximum absolute atomic E-state index is 13.6. The number of halogens is 1. The second-order valence-corrected chi connectivity index (χ2v) is 8.02. The van der Waals surface area contributed by atoms with Crippen LogP contribution >= 0.6 is 0 Å². The van der Waals surface area contributed by atoms with Crippen LogP contribution in [0.1, 0.15) is 36.1 Å². The Morgan fingerprint density at radius 3 is 2.89 bits per heavy atom. The highest BCUT2D eigenvalue weighted by atomic mass is 19.1. The number of aromatic nitrogens is 1. The average molecular weight is 360 g/mol. The first kappa shape index (κ1) is 16.8. The Kier molecular flexibility index (Phi) is 4.33. The van der Waals surface area contributed by atoms with Crippen molar-refractivity contribution in [3.05, 3.63) is 77.2 Å². The molecule has 2 aliphatic rings. The Balaban J connectivity index is 1.29. The smallest absolute Gasteiger partial charge is 0.123 e. The van der Waals surface area contributed by atoms with Crippen LogP contribution in [0.25, 0.3) is 16.5 Å². The molecular formula is C24H25FN2. The lowest BCUT2D eigenvalue weighted by Gasteiger charge is -2.30. The van der Waals surface area contributed by atoms with Gasteiger partial charge in [0.25, 0.3) is 0 Å². The van der Waals surface area contributed by atoms with Gasteiger partial charge >= 0.3 is 0 Å². The molecule has 0 bridgehead atoms. The van der Waals surface area contributed by atoms with Crippen molar-refractivity contribution in [3.63, 3.8) is 0 Å². The van der Waals surface area contributed by atoms with Gasteiger partial charge in [0.15, 0.2) is 0 Å². The van der Waals surface area contributed by atoms with E-state index >= 15 is 0 Å². The average Bonchev–Trinajstić information content (AvgIpc) is 3.06. The highest BCUT2D eigenvalue weighted by Gasteiger charge is 2.26. The fraction of sp³-hybridized carbons (Fsp3) is 0.333. The number of aromatic amines is 1. The van der Waals surface area contributed by atoms with Gasteiger partial charge in [0.2, 0.25) is 0 Å². The lowest BCUT2D eigenvalue weighted by atomic mass is 9.80. The summed E-state index contributed by atoms with van der Waals surface area (Å²) in [6, 6.07) is 16.2. The molecule has 1 aliphatic heterocycles. The van der Waals surface area contributed by atoms with Crippen molar-refractivity contribution in [2.24, 2.45) is 5.92 Å². The number of aryl methyl sites for hydroxylation is 1. The van der Waals surface area contributed by atoms with Crippen LogP contribution in [0.3, 0.4) is 0 Å². The number of H-pyrrole nitrogens is 1. The summed E-state index contributed by atoms with van der Waals surface area (Å²) in [5, 5.41) is 5.06. The number of benzene rings is 2. The first-order valence-electron chi connectivity index (χ1n) is 10.0. The molecule has 0 radical (unpaired) electrons. The summed E-state index contributed by atoms with van der Waals surface area (Å²) in [4.78, 5) is 3.61. The molecule has 0 saturated carbocycles. The lowest BCUT2D eigenvalue weighted by Crippen LogP contribution is -2.35. The second-order valence-electron chi connectivity index (χ2n) is 8.02. The van der Waals surface area contributed by atoms with E-state index in [1.54, 1.807) is 6.07 Å². The molecule has 2 atom stereocenters. The zero-order chi connectivity index (χ0) is 18.2. The van der Waals surface area contributed by atoms with Crippen LogP contribution in [0.15, 0.2) is 54.6 Å². The molecule has 2 unspecified atom stereocenters. The van der Waals surface area contributed by atoms with Crippen molar-refractivity contribution in [3.8, 4) is 0 Å². The highest BCUT2D eigenvalue weighted by Crippen LogP contribution is 2.35. The van der Waals surface area contributed by atoms with Crippen molar-refractivity contribution in [2.45, 2.75) is 38.1 Å². The van der Waals surface area contributed by atoms with E-state index < -0.39 is 0 Å². The molecule has 2 heterocycles. The van der Waals surface area contributed by atoms with Gasteiger partial charge in [-0.15, -0.1) is 0 Å². The number of para-hydroxylation sites is 1. The van der Waals surface area contributed by atoms with Crippen LogP contribution in [0.5, 0.6) is 0 Å². The molecule has 0 amide bonds. The topological polar surface area (TPSA) is 27.8 Å². The Morgan fingerprint density at radius 2 is 1.96 bits per heavy atom. The van der Waals surface area contributed by atoms with E-state index in [1.165, 1.54) is 46.6 Å². The summed E-state index contributed by atoms with van der Waals surface area (Å²) >= 11 is 0. The van der Waals surface area contributed by atoms with E-state index in [-0.39, 0.29) is 5.82 Å². The molecule has 5 rings (SSSR count). The van der Waals surface area contributed by atoms with Gasteiger partial charge < -0.3 is 10.3 Å². The molecule has 1 aliphatic carbocycles. The molecular weight excluding hydrogens is 335 g/mol. The van der Waals surface area contributed by atoms with Crippen LogP contribution in [0, 0.1) is 11.7 Å². The predicted octanol–water partition coefficient (Wildman–Crippen LogP) is 5.25. The monoisotopic (exact) mass is 360 g/mol. The summed E-state index contributed by atoms with van der Waals surface area (Å²) in [5.74, 6) is 0.559. The molecule has 0 saturated heterocycles. The van der Waals surface area contributed by atoms with E-state index in [4.69, 9.17) is 0 Å². The highest BCUT2D eigenvalue weighted by molar-refractivity contribution is 5.84. The van der Waals surface area contributed by atoms with Gasteiger partial charge in [0.05, 0.1) is 0 Å². The minimum absolute atomic E-state index is 0.150. The Morgan fingerprint density at radius 1 is 1.04 bits per heavy atom. The molecule has 3 aromatic rings. The van der Waals surface area contributed by atoms with Gasteiger partial charge in [-0.05, 0) is 72.9 Å². The van der Waals surface area contributed by atoms with Crippen molar-refractivity contribution in [1.29, 1.82) is 0 Å². The van der Waals surface area contributed by atoms with Crippen molar-refractivity contribution in [1.82, 2.24) is 10.3 Å². The summed E-state index contributed by atoms with van der Waals surface area (Å²) in [6.45, 7) is 0.877. The van der Waals surface area contributed by atoms with Gasteiger partial charge in [0.1, 0.15) is 5.82 Å². The zero-order valence-corrected chi connectivity index (χ0v) is 15.5. The number of nitrogens with one attached hydrogen (secondary N) is 2. The first-order valence-corrected chi connectivity index (χ1v) is 10.0. The van der Waals surface area contributed by atoms with Gasteiger partial charge in [-0.3, -0.25) is 0 Å². The number of rotatable bonds is 3. The summed E-state index contributed by atoms with van der Waals surface area (Å²) in [5.41, 5.74) is 6.55. The van der Waals surface area contributed by atoms with Crippen LogP contribution in [-0.4, -0.2) is 17.6 Å². The maximum atomic E-state index is 13.6. The van der Waals surface area contributed by atoms with E-state index in [2.05, 4.69) is 40.6 Å². The minimum Gasteiger partial charge on any atom is -0.358 e. The van der Waals surface area contributed by atoms with Crippen LogP contribution in [-0.2, 0) is 12.8 Å². The SMILES string of the molecule is Fc1cccc(C2=CCNC(CC3CCc4[nH]c5ccccc5c4C3)C2)c1. The molecule has 138 valence electrons. The Bertz CT molecular complexity index is 1000. The molecule has 2 nitrogen and oxygen atoms in total. The molecule has 27 heavy (non-hydrogen) atoms. The number of hydrogen-bond donors (Lipinski definition) is 2. The molecule has 2 N–H and O–H groups in total. The summed E-state index contributed by atoms with van der Waals surface area (Å²) in [7, 11) is 0. The largest absolute Gasteiger partial charge is 0.358 e. The second kappa shape index (κ2) is 6.97. The number of fused-ring (bicyclic) bond motifs is 3. The molecule has 2 aromatic carbocycles. The normalized spacial score (nSPS) is 22.5. The van der Waals surface area contributed by atoms with E-state index in [9.17, 15) is 4.39 Å². The van der Waals surface area contributed by atoms with Crippen LogP contribution in [0.2, 0.25) is 0 Å². The fourth-order valence-corrected chi connectivity index (χ4v) is 4.91. The van der Waals surface area contributed by atoms with Gasteiger partial charge in [-0.1, -0.05) is 36.4 Å². The third-order valence-corrected chi connectivity index (χ3v) is 6.23. The van der Waals surface area contributed by atoms with E-state index in [0.717, 1.165) is 31.4 Å². The van der Waals surface area contributed by atoms with Gasteiger partial charge in [-0.2, -0.15) is 0 Å². The molecule has 0 spiro atoms. The third-order valence-electron chi connectivity index (χ3n) is 6.23. The fourth-order valence-electron chi connectivity index (χ4n) is 4.91. The predicted molar refractivity (Wildman–Crippen MR) is 109 cm³/mol. The van der Waals surface area contributed by atoms with Crippen molar-refractivity contribution >= 4 is 16.5 Å². The standard InChI is InChI=1S/C24H25FN2/c25-19-5-3-4-17(14-19)18-10-11-26-20(15-18)12-16-8-9-24-22(13-16)21-6-1-2-7-23(21)27-24/h1-7,10,14,16,20,26-27H,8-9,11-13,15H2. The summed E-state index contributed by atoms with van der Waals surface area (Å²) < 4.78 is 13.6. The lowest BCUT2D eigenvalue weighted by molar-refractivity contribution is 0.356. The summed E-state index contributed by atoms with van der Waals surface area (Å²) in [6.07, 6.45) is 7.94. The molecule has 3 heteroatoms. The third kappa shape index (κ3) is 3.32. The van der Waals surface area contributed by atoms with Crippen LogP contribution in [0.4, 0.5) is 4.39 Å².